The van der Waals surface area contributed by atoms with Gasteiger partial charge in [-0.2, -0.15) is 0 Å². The molecule has 120 valence electrons. The van der Waals surface area contributed by atoms with Gasteiger partial charge < -0.3 is 5.32 Å². The zero-order chi connectivity index (χ0) is 15.6. The van der Waals surface area contributed by atoms with Gasteiger partial charge in [0.15, 0.2) is 0 Å². The van der Waals surface area contributed by atoms with E-state index in [1.54, 1.807) is 0 Å². The normalized spacial score (nSPS) is 25.7. The lowest BCUT2D eigenvalue weighted by molar-refractivity contribution is 0.143. The van der Waals surface area contributed by atoms with Gasteiger partial charge in [-0.15, -0.1) is 0 Å². The molecule has 0 radical (unpaired) electrons. The average molecular weight is 304 g/mol. The van der Waals surface area contributed by atoms with E-state index in [1.165, 1.54) is 12.7 Å². The maximum atomic E-state index is 11.8. The van der Waals surface area contributed by atoms with Crippen LogP contribution in [0.25, 0.3) is 0 Å². The molecule has 2 unspecified atom stereocenters. The SMILES string of the molecule is CC(C)(C)NCCC(C)(C)C1CCCC(S(C)(=O)=O)C1. The highest BCUT2D eigenvalue weighted by Gasteiger charge is 2.36. The highest BCUT2D eigenvalue weighted by Crippen LogP contribution is 2.42. The van der Waals surface area contributed by atoms with Crippen LogP contribution in [0, 0.1) is 11.3 Å². The number of sulfone groups is 1. The monoisotopic (exact) mass is 303 g/mol. The molecule has 1 aliphatic rings. The molecule has 2 atom stereocenters. The Morgan fingerprint density at radius 1 is 1.10 bits per heavy atom. The molecule has 0 bridgehead atoms. The Morgan fingerprint density at radius 3 is 2.20 bits per heavy atom. The van der Waals surface area contributed by atoms with E-state index in [1.807, 2.05) is 0 Å². The van der Waals surface area contributed by atoms with Gasteiger partial charge >= 0.3 is 0 Å². The highest BCUT2D eigenvalue weighted by atomic mass is 32.2. The van der Waals surface area contributed by atoms with E-state index >= 15 is 0 Å². The molecule has 0 saturated heterocycles. The van der Waals surface area contributed by atoms with Crippen LogP contribution in [-0.4, -0.2) is 32.0 Å². The first kappa shape index (κ1) is 18.0. The van der Waals surface area contributed by atoms with Crippen molar-refractivity contribution in [2.45, 2.75) is 77.5 Å². The fourth-order valence-corrected chi connectivity index (χ4v) is 4.38. The molecule has 1 rings (SSSR count). The van der Waals surface area contributed by atoms with Crippen molar-refractivity contribution >= 4 is 9.84 Å². The lowest BCUT2D eigenvalue weighted by Gasteiger charge is -2.40. The highest BCUT2D eigenvalue weighted by molar-refractivity contribution is 7.91. The standard InChI is InChI=1S/C16H33NO2S/c1-15(2,3)17-11-10-16(4,5)13-8-7-9-14(12-13)20(6,18)19/h13-14,17H,7-12H2,1-6H3. The molecular formula is C16H33NO2S. The minimum absolute atomic E-state index is 0.115. The molecule has 1 N–H and O–H groups in total. The molecule has 1 fully saturated rings. The van der Waals surface area contributed by atoms with Crippen LogP contribution in [-0.2, 0) is 9.84 Å². The maximum absolute atomic E-state index is 11.8. The molecular weight excluding hydrogens is 270 g/mol. The molecule has 4 heteroatoms. The maximum Gasteiger partial charge on any atom is 0.150 e. The fourth-order valence-electron chi connectivity index (χ4n) is 3.21. The van der Waals surface area contributed by atoms with Crippen molar-refractivity contribution in [1.82, 2.24) is 5.32 Å². The molecule has 3 nitrogen and oxygen atoms in total. The van der Waals surface area contributed by atoms with E-state index in [2.05, 4.69) is 39.9 Å². The van der Waals surface area contributed by atoms with Gasteiger partial charge in [-0.1, -0.05) is 20.3 Å². The van der Waals surface area contributed by atoms with Crippen LogP contribution in [0.1, 0.15) is 66.7 Å². The Bertz CT molecular complexity index is 407. The van der Waals surface area contributed by atoms with Crippen molar-refractivity contribution in [2.24, 2.45) is 11.3 Å². The van der Waals surface area contributed by atoms with Gasteiger partial charge in [-0.3, -0.25) is 0 Å². The van der Waals surface area contributed by atoms with Crippen molar-refractivity contribution in [3.05, 3.63) is 0 Å². The Balaban J connectivity index is 2.58. The number of rotatable bonds is 5. The first-order valence-corrected chi connectivity index (χ1v) is 9.81. The smallest absolute Gasteiger partial charge is 0.150 e. The lowest BCUT2D eigenvalue weighted by atomic mass is 9.69. The van der Waals surface area contributed by atoms with E-state index in [9.17, 15) is 8.42 Å². The van der Waals surface area contributed by atoms with Crippen LogP contribution < -0.4 is 5.32 Å². The molecule has 0 heterocycles. The van der Waals surface area contributed by atoms with Crippen LogP contribution in [0.4, 0.5) is 0 Å². The number of nitrogens with one attached hydrogen (secondary N) is 1. The summed E-state index contributed by atoms with van der Waals surface area (Å²) in [5, 5.41) is 3.43. The predicted octanol–water partition coefficient (Wildman–Crippen LogP) is 3.39. The quantitative estimate of drug-likeness (QED) is 0.847. The van der Waals surface area contributed by atoms with Gasteiger partial charge in [0.05, 0.1) is 5.25 Å². The molecule has 0 spiro atoms. The summed E-state index contributed by atoms with van der Waals surface area (Å²) in [6.45, 7) is 12.1. The van der Waals surface area contributed by atoms with E-state index < -0.39 is 9.84 Å². The molecule has 20 heavy (non-hydrogen) atoms. The molecule has 0 aromatic rings. The average Bonchev–Trinajstić information content (AvgIpc) is 2.26. The zero-order valence-corrected chi connectivity index (χ0v) is 14.9. The number of hydrogen-bond acceptors (Lipinski definition) is 3. The van der Waals surface area contributed by atoms with Crippen molar-refractivity contribution in [2.75, 3.05) is 12.8 Å². The third-order valence-electron chi connectivity index (χ3n) is 4.76. The van der Waals surface area contributed by atoms with Gasteiger partial charge in [-0.25, -0.2) is 8.42 Å². The van der Waals surface area contributed by atoms with Crippen molar-refractivity contribution in [3.63, 3.8) is 0 Å². The Labute approximate surface area is 125 Å². The topological polar surface area (TPSA) is 46.2 Å². The van der Waals surface area contributed by atoms with Crippen molar-refractivity contribution in [1.29, 1.82) is 0 Å². The van der Waals surface area contributed by atoms with Gasteiger partial charge in [-0.05, 0) is 64.3 Å². The molecule has 1 aliphatic carbocycles. The van der Waals surface area contributed by atoms with Crippen LogP contribution in [0.5, 0.6) is 0 Å². The summed E-state index contributed by atoms with van der Waals surface area (Å²) >= 11 is 0. The second-order valence-corrected chi connectivity index (χ2v) is 10.6. The summed E-state index contributed by atoms with van der Waals surface area (Å²) in [5.74, 6) is 0.526. The van der Waals surface area contributed by atoms with Gasteiger partial charge in [0, 0.05) is 11.8 Å². The lowest BCUT2D eigenvalue weighted by Crippen LogP contribution is -2.40. The molecule has 1 saturated carbocycles. The summed E-state index contributed by atoms with van der Waals surface area (Å²) < 4.78 is 23.6. The second kappa shape index (κ2) is 6.35. The summed E-state index contributed by atoms with van der Waals surface area (Å²) in [5.41, 5.74) is 0.361. The fraction of sp³-hybridized carbons (Fsp3) is 1.00. The summed E-state index contributed by atoms with van der Waals surface area (Å²) in [7, 11) is -2.88. The van der Waals surface area contributed by atoms with Crippen molar-refractivity contribution < 1.29 is 8.42 Å². The summed E-state index contributed by atoms with van der Waals surface area (Å²) in [6.07, 6.45) is 6.43. The number of hydrogen-bond donors (Lipinski definition) is 1. The third kappa shape index (κ3) is 5.72. The second-order valence-electron chi connectivity index (χ2n) is 8.23. The predicted molar refractivity (Wildman–Crippen MR) is 86.7 cm³/mol. The molecule has 0 aromatic carbocycles. The molecule has 0 aliphatic heterocycles. The Morgan fingerprint density at radius 2 is 1.70 bits per heavy atom. The Hall–Kier alpha value is -0.0900. The van der Waals surface area contributed by atoms with E-state index in [0.29, 0.717) is 5.92 Å². The first-order chi connectivity index (χ1) is 8.92. The first-order valence-electron chi connectivity index (χ1n) is 7.86. The minimum Gasteiger partial charge on any atom is -0.312 e. The summed E-state index contributed by atoms with van der Waals surface area (Å²) in [4.78, 5) is 0. The summed E-state index contributed by atoms with van der Waals surface area (Å²) in [6, 6.07) is 0. The van der Waals surface area contributed by atoms with Crippen molar-refractivity contribution in [3.8, 4) is 0 Å². The van der Waals surface area contributed by atoms with Gasteiger partial charge in [0.25, 0.3) is 0 Å². The van der Waals surface area contributed by atoms with E-state index in [-0.39, 0.29) is 16.2 Å². The van der Waals surface area contributed by atoms with Gasteiger partial charge in [0.2, 0.25) is 0 Å². The van der Waals surface area contributed by atoms with E-state index in [4.69, 9.17) is 0 Å². The van der Waals surface area contributed by atoms with Gasteiger partial charge in [0.1, 0.15) is 9.84 Å². The third-order valence-corrected chi connectivity index (χ3v) is 6.40. The van der Waals surface area contributed by atoms with Crippen LogP contribution in [0.15, 0.2) is 0 Å². The van der Waals surface area contributed by atoms with Crippen LogP contribution in [0.3, 0.4) is 0 Å². The van der Waals surface area contributed by atoms with Crippen LogP contribution >= 0.6 is 0 Å². The van der Waals surface area contributed by atoms with E-state index in [0.717, 1.165) is 32.2 Å². The zero-order valence-electron chi connectivity index (χ0n) is 14.1. The minimum atomic E-state index is -2.88. The Kier molecular flexibility index (Phi) is 5.70. The molecule has 0 aromatic heterocycles. The largest absolute Gasteiger partial charge is 0.312 e. The molecule has 0 amide bonds. The van der Waals surface area contributed by atoms with Crippen LogP contribution in [0.2, 0.25) is 0 Å².